The van der Waals surface area contributed by atoms with E-state index < -0.39 is 0 Å². The van der Waals surface area contributed by atoms with Crippen LogP contribution < -0.4 is 0 Å². The third-order valence-corrected chi connectivity index (χ3v) is 5.07. The zero-order valence-corrected chi connectivity index (χ0v) is 15.0. The van der Waals surface area contributed by atoms with E-state index in [2.05, 4.69) is 0 Å². The van der Waals surface area contributed by atoms with Crippen LogP contribution >= 0.6 is 0 Å². The van der Waals surface area contributed by atoms with Gasteiger partial charge in [0.15, 0.2) is 0 Å². The van der Waals surface area contributed by atoms with Crippen LogP contribution in [0.2, 0.25) is 0 Å². The maximum absolute atomic E-state index is 14.0. The number of hydrogen-bond donors (Lipinski definition) is 0. The van der Waals surface area contributed by atoms with E-state index in [1.54, 1.807) is 11.0 Å². The zero-order chi connectivity index (χ0) is 18.6. The van der Waals surface area contributed by atoms with Gasteiger partial charge in [-0.25, -0.2) is 9.18 Å². The van der Waals surface area contributed by atoms with E-state index in [1.165, 1.54) is 6.07 Å². The van der Waals surface area contributed by atoms with Crippen molar-refractivity contribution in [3.05, 3.63) is 83.2 Å². The van der Waals surface area contributed by atoms with E-state index >= 15 is 0 Å². The zero-order valence-electron chi connectivity index (χ0n) is 15.0. The van der Waals surface area contributed by atoms with Crippen LogP contribution in [0.25, 0.3) is 0 Å². The molecule has 1 fully saturated rings. The first kappa shape index (κ1) is 17.7. The lowest BCUT2D eigenvalue weighted by atomic mass is 9.90. The Hall–Kier alpha value is -2.66. The van der Waals surface area contributed by atoms with Gasteiger partial charge >= 0.3 is 6.09 Å². The van der Waals surface area contributed by atoms with Crippen LogP contribution in [0.5, 0.6) is 0 Å². The lowest BCUT2D eigenvalue weighted by Gasteiger charge is -2.43. The number of nitrogens with zero attached hydrogens (tertiary/aromatic N) is 1. The van der Waals surface area contributed by atoms with Crippen molar-refractivity contribution in [1.29, 1.82) is 0 Å². The summed E-state index contributed by atoms with van der Waals surface area (Å²) in [4.78, 5) is 14.4. The molecule has 0 aromatic heterocycles. The summed E-state index contributed by atoms with van der Waals surface area (Å²) >= 11 is 0. The van der Waals surface area contributed by atoms with Gasteiger partial charge in [0.05, 0.1) is 25.3 Å². The molecule has 2 aliphatic heterocycles. The largest absolute Gasteiger partial charge is 0.445 e. The molecule has 2 heterocycles. The van der Waals surface area contributed by atoms with Gasteiger partial charge in [-0.2, -0.15) is 0 Å². The molecule has 0 saturated carbocycles. The third-order valence-electron chi connectivity index (χ3n) is 5.07. The molecule has 4 nitrogen and oxygen atoms in total. The van der Waals surface area contributed by atoms with Gasteiger partial charge in [-0.05, 0) is 30.0 Å². The molecule has 2 aromatic rings. The number of morpholine rings is 1. The van der Waals surface area contributed by atoms with Gasteiger partial charge in [0.2, 0.25) is 0 Å². The molecule has 1 amide bonds. The van der Waals surface area contributed by atoms with E-state index in [-0.39, 0.29) is 30.6 Å². The fraction of sp³-hybridized carbons (Fsp3) is 0.318. The predicted octanol–water partition coefficient (Wildman–Crippen LogP) is 4.10. The minimum Gasteiger partial charge on any atom is -0.445 e. The first-order chi connectivity index (χ1) is 13.2. The van der Waals surface area contributed by atoms with E-state index in [0.717, 1.165) is 11.1 Å². The van der Waals surface area contributed by atoms with Crippen LogP contribution in [0, 0.1) is 5.82 Å². The highest BCUT2D eigenvalue weighted by Gasteiger charge is 2.38. The lowest BCUT2D eigenvalue weighted by Crippen LogP contribution is -2.56. The molecule has 1 saturated heterocycles. The van der Waals surface area contributed by atoms with Gasteiger partial charge in [0, 0.05) is 0 Å². The highest BCUT2D eigenvalue weighted by Crippen LogP contribution is 2.30. The highest BCUT2D eigenvalue weighted by atomic mass is 19.1. The van der Waals surface area contributed by atoms with Gasteiger partial charge in [-0.3, -0.25) is 4.90 Å². The normalized spacial score (nSPS) is 21.5. The number of ether oxygens (including phenoxy) is 2. The molecular weight excluding hydrogens is 345 g/mol. The maximum atomic E-state index is 14.0. The molecule has 0 N–H and O–H groups in total. The van der Waals surface area contributed by atoms with Crippen molar-refractivity contribution in [3.8, 4) is 0 Å². The smallest absolute Gasteiger partial charge is 0.411 e. The number of amides is 1. The summed E-state index contributed by atoms with van der Waals surface area (Å²) in [6.07, 6.45) is 2.95. The van der Waals surface area contributed by atoms with Crippen LogP contribution in [-0.4, -0.2) is 36.3 Å². The number of benzene rings is 2. The van der Waals surface area contributed by atoms with Gasteiger partial charge in [-0.1, -0.05) is 60.2 Å². The molecule has 2 atom stereocenters. The summed E-state index contributed by atoms with van der Waals surface area (Å²) in [6, 6.07) is 16.2. The van der Waals surface area contributed by atoms with E-state index in [0.29, 0.717) is 31.6 Å². The Morgan fingerprint density at radius 2 is 1.89 bits per heavy atom. The van der Waals surface area contributed by atoms with Crippen LogP contribution in [0.4, 0.5) is 9.18 Å². The molecule has 0 radical (unpaired) electrons. The molecule has 2 bridgehead atoms. The van der Waals surface area contributed by atoms with Crippen molar-refractivity contribution in [3.63, 3.8) is 0 Å². The van der Waals surface area contributed by atoms with Crippen molar-refractivity contribution in [1.82, 2.24) is 4.90 Å². The fourth-order valence-corrected chi connectivity index (χ4v) is 3.78. The Bertz CT molecular complexity index is 836. The second kappa shape index (κ2) is 7.92. The third kappa shape index (κ3) is 4.03. The van der Waals surface area contributed by atoms with Crippen molar-refractivity contribution in [2.75, 3.05) is 13.2 Å². The number of fused-ring (bicyclic) bond motifs is 2. The molecule has 0 aliphatic carbocycles. The topological polar surface area (TPSA) is 38.8 Å². The highest BCUT2D eigenvalue weighted by molar-refractivity contribution is 5.69. The molecule has 5 heteroatoms. The summed E-state index contributed by atoms with van der Waals surface area (Å²) < 4.78 is 25.1. The number of carbonyl (C=O) groups is 1. The molecule has 27 heavy (non-hydrogen) atoms. The number of rotatable bonds is 4. The maximum Gasteiger partial charge on any atom is 0.411 e. The van der Waals surface area contributed by atoms with Gasteiger partial charge in [0.1, 0.15) is 12.4 Å². The quantitative estimate of drug-likeness (QED) is 0.764. The number of hydrogen-bond acceptors (Lipinski definition) is 3. The Morgan fingerprint density at radius 3 is 2.67 bits per heavy atom. The number of carbonyl (C=O) groups excluding carboxylic acids is 1. The molecule has 2 aromatic carbocycles. The second-order valence-corrected chi connectivity index (χ2v) is 7.00. The molecule has 2 unspecified atom stereocenters. The summed E-state index contributed by atoms with van der Waals surface area (Å²) in [6.45, 7) is 1.17. The van der Waals surface area contributed by atoms with E-state index in [1.807, 2.05) is 48.5 Å². The summed E-state index contributed by atoms with van der Waals surface area (Å²) in [5.74, 6) is -0.190. The van der Waals surface area contributed by atoms with Crippen molar-refractivity contribution < 1.29 is 18.7 Å². The van der Waals surface area contributed by atoms with Gasteiger partial charge in [-0.15, -0.1) is 0 Å². The first-order valence-corrected chi connectivity index (χ1v) is 9.20. The Morgan fingerprint density at radius 1 is 1.11 bits per heavy atom. The second-order valence-electron chi connectivity index (χ2n) is 7.00. The average Bonchev–Trinajstić information content (AvgIpc) is 2.68. The Labute approximate surface area is 158 Å². The van der Waals surface area contributed by atoms with Crippen molar-refractivity contribution in [2.24, 2.45) is 0 Å². The summed E-state index contributed by atoms with van der Waals surface area (Å²) in [7, 11) is 0. The molecule has 0 spiro atoms. The summed E-state index contributed by atoms with van der Waals surface area (Å²) in [5.41, 5.74) is 2.79. The molecule has 2 aliphatic rings. The average molecular weight is 367 g/mol. The van der Waals surface area contributed by atoms with Crippen molar-refractivity contribution >= 4 is 6.09 Å². The SMILES string of the molecule is O=C(OCc1ccccc1)N1C2C=C(Cc3ccccc3F)CC1COC2. The van der Waals surface area contributed by atoms with E-state index in [4.69, 9.17) is 9.47 Å². The number of halogens is 1. The van der Waals surface area contributed by atoms with Crippen LogP contribution in [-0.2, 0) is 22.5 Å². The first-order valence-electron chi connectivity index (χ1n) is 9.20. The molecule has 140 valence electrons. The minimum atomic E-state index is -0.321. The Balaban J connectivity index is 1.45. The standard InChI is InChI=1S/C22H22FNO3/c23-21-9-5-4-8-18(21)10-17-11-19-14-26-15-20(12-17)24(19)22(25)27-13-16-6-2-1-3-7-16/h1-9,11,19-20H,10,12-15H2. The van der Waals surface area contributed by atoms with Gasteiger partial charge in [0.25, 0.3) is 0 Å². The van der Waals surface area contributed by atoms with E-state index in [9.17, 15) is 9.18 Å². The summed E-state index contributed by atoms with van der Waals surface area (Å²) in [5, 5.41) is 0. The lowest BCUT2D eigenvalue weighted by molar-refractivity contribution is -0.0374. The van der Waals surface area contributed by atoms with Crippen LogP contribution in [0.15, 0.2) is 66.2 Å². The minimum absolute atomic E-state index is 0.0706. The fourth-order valence-electron chi connectivity index (χ4n) is 3.78. The predicted molar refractivity (Wildman–Crippen MR) is 99.7 cm³/mol. The Kier molecular flexibility index (Phi) is 5.21. The van der Waals surface area contributed by atoms with Crippen molar-refractivity contribution in [2.45, 2.75) is 31.5 Å². The monoisotopic (exact) mass is 367 g/mol. The molecular formula is C22H22FNO3. The van der Waals surface area contributed by atoms with Gasteiger partial charge < -0.3 is 9.47 Å². The van der Waals surface area contributed by atoms with Crippen LogP contribution in [0.1, 0.15) is 17.5 Å². The van der Waals surface area contributed by atoms with Crippen LogP contribution in [0.3, 0.4) is 0 Å². The molecule has 4 rings (SSSR count).